The van der Waals surface area contributed by atoms with E-state index in [1.54, 1.807) is 0 Å². The second kappa shape index (κ2) is 3.38. The zero-order valence-electron chi connectivity index (χ0n) is 7.09. The summed E-state index contributed by atoms with van der Waals surface area (Å²) in [6, 6.07) is 6.03. The summed E-state index contributed by atoms with van der Waals surface area (Å²) in [5.41, 5.74) is 2.32. The maximum absolute atomic E-state index is 10.3. The number of halogens is 1. The van der Waals surface area contributed by atoms with Crippen molar-refractivity contribution < 1.29 is 4.79 Å². The molecule has 0 aromatic heterocycles. The molecule has 13 heavy (non-hydrogen) atoms. The zero-order chi connectivity index (χ0) is 9.26. The molecule has 0 aliphatic carbocycles. The van der Waals surface area contributed by atoms with Crippen LogP contribution in [0.15, 0.2) is 18.2 Å². The number of nitrogens with one attached hydrogen (secondary N) is 1. The van der Waals surface area contributed by atoms with Crippen LogP contribution in [0.3, 0.4) is 0 Å². The van der Waals surface area contributed by atoms with Crippen LogP contribution in [0, 0.1) is 0 Å². The second-order valence-electron chi connectivity index (χ2n) is 3.25. The van der Waals surface area contributed by atoms with Crippen LogP contribution in [0.4, 0.5) is 5.69 Å². The average molecular weight is 196 g/mol. The van der Waals surface area contributed by atoms with E-state index in [4.69, 9.17) is 11.6 Å². The number of rotatable bonds is 2. The highest BCUT2D eigenvalue weighted by Crippen LogP contribution is 2.28. The van der Waals surface area contributed by atoms with E-state index < -0.39 is 0 Å². The molecule has 0 spiro atoms. The van der Waals surface area contributed by atoms with E-state index in [9.17, 15) is 4.79 Å². The summed E-state index contributed by atoms with van der Waals surface area (Å²) in [6.45, 7) is 0. The molecular weight excluding hydrogens is 186 g/mol. The number of aldehydes is 1. The van der Waals surface area contributed by atoms with E-state index in [-0.39, 0.29) is 6.04 Å². The molecule has 0 amide bonds. The summed E-state index contributed by atoms with van der Waals surface area (Å²) in [5, 5.41) is 4.03. The smallest absolute Gasteiger partial charge is 0.122 e. The molecule has 1 aliphatic heterocycles. The third-order valence-corrected chi connectivity index (χ3v) is 2.51. The van der Waals surface area contributed by atoms with Gasteiger partial charge < -0.3 is 10.1 Å². The molecule has 1 aromatic rings. The van der Waals surface area contributed by atoms with Gasteiger partial charge in [0.25, 0.3) is 0 Å². The number of hydrogen-bond donors (Lipinski definition) is 1. The number of benzene rings is 1. The molecule has 1 atom stereocenters. The maximum atomic E-state index is 10.3. The minimum atomic E-state index is 0.256. The molecule has 1 unspecified atom stereocenters. The molecule has 1 heterocycles. The lowest BCUT2D eigenvalue weighted by molar-refractivity contribution is -0.108. The Bertz CT molecular complexity index is 338. The predicted molar refractivity (Wildman–Crippen MR) is 53.2 cm³/mol. The van der Waals surface area contributed by atoms with E-state index in [1.165, 1.54) is 5.56 Å². The Morgan fingerprint density at radius 3 is 3.23 bits per heavy atom. The highest BCUT2D eigenvalue weighted by molar-refractivity contribution is 6.30. The van der Waals surface area contributed by atoms with Crippen LogP contribution in [0.5, 0.6) is 0 Å². The number of carbonyl (C=O) groups is 1. The number of fused-ring (bicyclic) bond motifs is 1. The first kappa shape index (κ1) is 8.57. The van der Waals surface area contributed by atoms with Crippen LogP contribution >= 0.6 is 11.6 Å². The summed E-state index contributed by atoms with van der Waals surface area (Å²) >= 11 is 5.85. The standard InChI is InChI=1S/C10H10ClNO/c11-8-1-2-10-7(5-8)6-9(12-10)3-4-13/h1-2,4-5,9,12H,3,6H2. The minimum absolute atomic E-state index is 0.256. The van der Waals surface area contributed by atoms with Crippen molar-refractivity contribution in [3.8, 4) is 0 Å². The zero-order valence-corrected chi connectivity index (χ0v) is 7.84. The fourth-order valence-corrected chi connectivity index (χ4v) is 1.86. The molecule has 0 bridgehead atoms. The highest BCUT2D eigenvalue weighted by atomic mass is 35.5. The van der Waals surface area contributed by atoms with E-state index >= 15 is 0 Å². The van der Waals surface area contributed by atoms with Crippen LogP contribution in [0.25, 0.3) is 0 Å². The van der Waals surface area contributed by atoms with Gasteiger partial charge in [-0.2, -0.15) is 0 Å². The van der Waals surface area contributed by atoms with Crippen molar-refractivity contribution in [2.45, 2.75) is 18.9 Å². The van der Waals surface area contributed by atoms with Gasteiger partial charge in [0.05, 0.1) is 0 Å². The molecule has 2 nitrogen and oxygen atoms in total. The van der Waals surface area contributed by atoms with Crippen molar-refractivity contribution in [1.82, 2.24) is 0 Å². The average Bonchev–Trinajstić information content (AvgIpc) is 2.46. The summed E-state index contributed by atoms with van der Waals surface area (Å²) in [4.78, 5) is 10.3. The summed E-state index contributed by atoms with van der Waals surface area (Å²) in [6.07, 6.45) is 2.41. The predicted octanol–water partition coefficient (Wildman–Crippen LogP) is 2.27. The van der Waals surface area contributed by atoms with Crippen molar-refractivity contribution in [2.75, 3.05) is 5.32 Å². The van der Waals surface area contributed by atoms with Crippen LogP contribution in [0.1, 0.15) is 12.0 Å². The lowest BCUT2D eigenvalue weighted by Gasteiger charge is -2.05. The molecule has 0 saturated carbocycles. The summed E-state index contributed by atoms with van der Waals surface area (Å²) < 4.78 is 0. The van der Waals surface area contributed by atoms with Crippen LogP contribution in [-0.4, -0.2) is 12.3 Å². The normalized spacial score (nSPS) is 19.3. The van der Waals surface area contributed by atoms with Gasteiger partial charge in [0.1, 0.15) is 6.29 Å². The Kier molecular flexibility index (Phi) is 2.23. The Labute approximate surface area is 81.9 Å². The first-order chi connectivity index (χ1) is 6.29. The van der Waals surface area contributed by atoms with Crippen molar-refractivity contribution in [3.05, 3.63) is 28.8 Å². The molecule has 1 aliphatic rings. The van der Waals surface area contributed by atoms with E-state index in [0.717, 1.165) is 23.4 Å². The van der Waals surface area contributed by atoms with E-state index in [2.05, 4.69) is 5.32 Å². The van der Waals surface area contributed by atoms with Gasteiger partial charge in [-0.3, -0.25) is 0 Å². The van der Waals surface area contributed by atoms with Crippen molar-refractivity contribution in [3.63, 3.8) is 0 Å². The molecule has 68 valence electrons. The SMILES string of the molecule is O=CCC1Cc2cc(Cl)ccc2N1. The van der Waals surface area contributed by atoms with Gasteiger partial charge in [0, 0.05) is 23.2 Å². The third kappa shape index (κ3) is 1.68. The molecule has 0 radical (unpaired) electrons. The first-order valence-corrected chi connectivity index (χ1v) is 4.66. The van der Waals surface area contributed by atoms with Gasteiger partial charge in [-0.05, 0) is 30.2 Å². The van der Waals surface area contributed by atoms with Gasteiger partial charge in [-0.25, -0.2) is 0 Å². The van der Waals surface area contributed by atoms with Crippen LogP contribution in [-0.2, 0) is 11.2 Å². The van der Waals surface area contributed by atoms with E-state index in [1.807, 2.05) is 18.2 Å². The van der Waals surface area contributed by atoms with Gasteiger partial charge >= 0.3 is 0 Å². The molecule has 1 N–H and O–H groups in total. The molecule has 1 aromatic carbocycles. The lowest BCUT2D eigenvalue weighted by atomic mass is 10.1. The van der Waals surface area contributed by atoms with Crippen LogP contribution < -0.4 is 5.32 Å². The van der Waals surface area contributed by atoms with E-state index in [0.29, 0.717) is 6.42 Å². The number of carbonyl (C=O) groups excluding carboxylic acids is 1. The lowest BCUT2D eigenvalue weighted by Crippen LogP contribution is -2.15. The summed E-state index contributed by atoms with van der Waals surface area (Å²) in [5.74, 6) is 0. The molecule has 3 heteroatoms. The minimum Gasteiger partial charge on any atom is -0.381 e. The molecule has 0 saturated heterocycles. The van der Waals surface area contributed by atoms with Crippen molar-refractivity contribution >= 4 is 23.6 Å². The second-order valence-corrected chi connectivity index (χ2v) is 3.69. The Hall–Kier alpha value is -1.02. The van der Waals surface area contributed by atoms with Gasteiger partial charge in [0.2, 0.25) is 0 Å². The van der Waals surface area contributed by atoms with Gasteiger partial charge in [0.15, 0.2) is 0 Å². The van der Waals surface area contributed by atoms with Crippen LogP contribution in [0.2, 0.25) is 5.02 Å². The Morgan fingerprint density at radius 1 is 1.62 bits per heavy atom. The third-order valence-electron chi connectivity index (χ3n) is 2.27. The molecule has 2 rings (SSSR count). The van der Waals surface area contributed by atoms with Gasteiger partial charge in [-0.15, -0.1) is 0 Å². The monoisotopic (exact) mass is 195 g/mol. The number of hydrogen-bond acceptors (Lipinski definition) is 2. The largest absolute Gasteiger partial charge is 0.381 e. The van der Waals surface area contributed by atoms with Crippen molar-refractivity contribution in [2.24, 2.45) is 0 Å². The first-order valence-electron chi connectivity index (χ1n) is 4.28. The summed E-state index contributed by atoms with van der Waals surface area (Å²) in [7, 11) is 0. The number of anilines is 1. The molecule has 0 fully saturated rings. The fraction of sp³-hybridized carbons (Fsp3) is 0.300. The highest BCUT2D eigenvalue weighted by Gasteiger charge is 2.19. The Balaban J connectivity index is 2.20. The maximum Gasteiger partial charge on any atom is 0.122 e. The Morgan fingerprint density at radius 2 is 2.46 bits per heavy atom. The fourth-order valence-electron chi connectivity index (χ4n) is 1.67. The molecular formula is C10H10ClNO. The van der Waals surface area contributed by atoms with Crippen molar-refractivity contribution in [1.29, 1.82) is 0 Å². The quantitative estimate of drug-likeness (QED) is 0.734. The topological polar surface area (TPSA) is 29.1 Å². The van der Waals surface area contributed by atoms with Gasteiger partial charge in [-0.1, -0.05) is 11.6 Å².